The van der Waals surface area contributed by atoms with Crippen LogP contribution in [-0.4, -0.2) is 46.5 Å². The second-order valence-corrected chi connectivity index (χ2v) is 22.3. The van der Waals surface area contributed by atoms with Gasteiger partial charge in [-0.15, -0.1) is 34.0 Å². The van der Waals surface area contributed by atoms with E-state index in [1.54, 1.807) is 28.7 Å². The number of para-hydroxylation sites is 1. The molecule has 10 nitrogen and oxygen atoms in total. The molecule has 0 saturated carbocycles. The summed E-state index contributed by atoms with van der Waals surface area (Å²) in [4.78, 5) is 44.6. The molecule has 0 unspecified atom stereocenters. The third kappa shape index (κ3) is 10.2. The molecule has 3 aromatic heterocycles. The van der Waals surface area contributed by atoms with Crippen LogP contribution in [0.5, 0.6) is 11.5 Å². The number of anilines is 2. The Morgan fingerprint density at radius 3 is 1.86 bits per heavy atom. The van der Waals surface area contributed by atoms with Crippen molar-refractivity contribution in [3.8, 4) is 44.9 Å². The molecule has 0 atom stereocenters. The minimum Gasteiger partial charge on any atom is -0.492 e. The number of carboxylic acid groups (broad SMARTS) is 2. The van der Waals surface area contributed by atoms with Crippen molar-refractivity contribution in [2.24, 2.45) is 0 Å². The molecule has 6 aromatic carbocycles. The minimum atomic E-state index is -1.55. The van der Waals surface area contributed by atoms with Gasteiger partial charge in [0, 0.05) is 38.4 Å². The van der Waals surface area contributed by atoms with Gasteiger partial charge in [0.25, 0.3) is 5.56 Å². The van der Waals surface area contributed by atoms with E-state index in [4.69, 9.17) is 16.0 Å². The molecule has 0 radical (unpaired) electrons. The van der Waals surface area contributed by atoms with Crippen LogP contribution in [0.1, 0.15) is 88.8 Å². The Balaban J connectivity index is 1.29. The summed E-state index contributed by atoms with van der Waals surface area (Å²) in [5, 5.41) is 21.9. The number of ether oxygens (including phenoxy) is 2. The number of aryl methyl sites for hydroxylation is 2. The Labute approximate surface area is 453 Å². The molecule has 0 spiro atoms. The van der Waals surface area contributed by atoms with Crippen LogP contribution in [0.15, 0.2) is 120 Å². The van der Waals surface area contributed by atoms with Crippen LogP contribution in [0.4, 0.5) is 11.4 Å². The van der Waals surface area contributed by atoms with E-state index in [9.17, 15) is 24.6 Å². The Morgan fingerprint density at radius 1 is 0.658 bits per heavy atom. The fourth-order valence-electron chi connectivity index (χ4n) is 10.6. The molecule has 0 bridgehead atoms. The van der Waals surface area contributed by atoms with E-state index in [-0.39, 0.29) is 9.20 Å². The lowest BCUT2D eigenvalue weighted by atomic mass is 9.90. The van der Waals surface area contributed by atoms with Gasteiger partial charge in [-0.1, -0.05) is 137 Å². The first-order valence-corrected chi connectivity index (χ1v) is 28.7. The fourth-order valence-corrected chi connectivity index (χ4v) is 14.4. The number of benzene rings is 6. The summed E-state index contributed by atoms with van der Waals surface area (Å²) in [6.07, 6.45) is 11.6. The van der Waals surface area contributed by atoms with Gasteiger partial charge in [-0.05, 0) is 108 Å². The van der Waals surface area contributed by atoms with E-state index in [0.717, 1.165) is 155 Å². The lowest BCUT2D eigenvalue weighted by Crippen LogP contribution is -2.35. The molecule has 1 aliphatic rings. The van der Waals surface area contributed by atoms with Gasteiger partial charge in [-0.2, -0.15) is 0 Å². The maximum atomic E-state index is 14.4. The van der Waals surface area contributed by atoms with Gasteiger partial charge in [-0.25, -0.2) is 4.85 Å². The van der Waals surface area contributed by atoms with Crippen molar-refractivity contribution >= 4 is 98.7 Å². The molecule has 1 aliphatic heterocycles. The second-order valence-electron chi connectivity index (χ2n) is 19.1. The van der Waals surface area contributed by atoms with Crippen LogP contribution >= 0.6 is 34.0 Å². The summed E-state index contributed by atoms with van der Waals surface area (Å²) >= 11 is 4.19. The molecule has 0 amide bonds. The van der Waals surface area contributed by atoms with Gasteiger partial charge >= 0.3 is 17.6 Å². The van der Waals surface area contributed by atoms with E-state index < -0.39 is 29.7 Å². The number of fused-ring (bicyclic) bond motifs is 7. The molecule has 386 valence electrons. The molecule has 76 heavy (non-hydrogen) atoms. The van der Waals surface area contributed by atoms with Crippen molar-refractivity contribution in [2.45, 2.75) is 91.5 Å². The van der Waals surface area contributed by atoms with E-state index in [1.807, 2.05) is 36.4 Å². The van der Waals surface area contributed by atoms with Crippen LogP contribution in [-0.2, 0) is 29.0 Å². The third-order valence-electron chi connectivity index (χ3n) is 14.2. The highest BCUT2D eigenvalue weighted by molar-refractivity contribution is 7.36. The van der Waals surface area contributed by atoms with Gasteiger partial charge < -0.3 is 24.6 Å². The standard InChI is InChI=1S/C63H59N3O7S3/c1-5-8-10-20-32-72-57-46(37-51-61(69)66(38-52(67)68)62(76-51)56(64-4)63(70)71)44(39-22-14-12-15-23-39)35-49-54(57)59-60(74-49)55-50(75-59)36-45(40-24-16-13-17-25-40)53(58(55)73-33-21-11-9-6-2)43-30-31-48-42(34-43)29-28-41-26-18-19-27-47(41)65(48)7-3/h12-19,22-27,30-31,34-37H,5-11,20-21,28-29,32-33,38H2,1-3H3,(H,67,68)(H,70,71)/b51-37+,62-56-. The largest absolute Gasteiger partial charge is 0.492 e. The highest BCUT2D eigenvalue weighted by Crippen LogP contribution is 2.56. The monoisotopic (exact) mass is 1070 g/mol. The number of nitrogens with zero attached hydrogens (tertiary/aromatic N) is 3. The topological polar surface area (TPSA) is 123 Å². The van der Waals surface area contributed by atoms with Crippen LogP contribution in [0.25, 0.3) is 79.6 Å². The number of carboxylic acids is 2. The average molecular weight is 1070 g/mol. The van der Waals surface area contributed by atoms with E-state index >= 15 is 0 Å². The molecule has 4 heterocycles. The van der Waals surface area contributed by atoms with Crippen molar-refractivity contribution in [1.29, 1.82) is 0 Å². The number of thiophene rings is 2. The van der Waals surface area contributed by atoms with E-state index in [2.05, 4.69) is 109 Å². The number of hydrogen-bond donors (Lipinski definition) is 2. The first-order valence-electron chi connectivity index (χ1n) is 26.3. The van der Waals surface area contributed by atoms with E-state index in [0.29, 0.717) is 24.5 Å². The maximum Gasteiger partial charge on any atom is 0.336 e. The Bertz CT molecular complexity index is 3880. The summed E-state index contributed by atoms with van der Waals surface area (Å²) in [7, 11) is 0. The quantitative estimate of drug-likeness (QED) is 0.0572. The lowest BCUT2D eigenvalue weighted by Gasteiger charge is -2.26. The number of hydrogen-bond acceptors (Lipinski definition) is 9. The van der Waals surface area contributed by atoms with Gasteiger partial charge in [0.05, 0.1) is 44.5 Å². The average Bonchev–Trinajstić information content (AvgIpc) is 4.09. The fraction of sp³-hybridized carbons (Fsp3) is 0.270. The van der Waals surface area contributed by atoms with Crippen LogP contribution in [0.3, 0.4) is 0 Å². The summed E-state index contributed by atoms with van der Waals surface area (Å²) in [6.45, 7) is 15.3. The van der Waals surface area contributed by atoms with Crippen LogP contribution < -0.4 is 29.1 Å². The highest BCUT2D eigenvalue weighted by Gasteiger charge is 2.29. The summed E-state index contributed by atoms with van der Waals surface area (Å²) in [5.74, 6) is -1.46. The summed E-state index contributed by atoms with van der Waals surface area (Å²) < 4.78 is 19.2. The number of rotatable bonds is 20. The molecular weight excluding hydrogens is 1010 g/mol. The van der Waals surface area contributed by atoms with Gasteiger partial charge in [0.15, 0.2) is 0 Å². The number of unbranched alkanes of at least 4 members (excludes halogenated alkanes) is 6. The van der Waals surface area contributed by atoms with Crippen molar-refractivity contribution in [3.63, 3.8) is 0 Å². The van der Waals surface area contributed by atoms with Crippen molar-refractivity contribution in [3.05, 3.63) is 163 Å². The normalized spacial score (nSPS) is 12.9. The van der Waals surface area contributed by atoms with E-state index in [1.165, 1.54) is 22.5 Å². The lowest BCUT2D eigenvalue weighted by molar-refractivity contribution is -0.138. The smallest absolute Gasteiger partial charge is 0.336 e. The first-order chi connectivity index (χ1) is 37.1. The molecule has 10 rings (SSSR count). The molecule has 0 aliphatic carbocycles. The molecule has 0 fully saturated rings. The molecule has 9 aromatic rings. The Kier molecular flexibility index (Phi) is 15.8. The zero-order chi connectivity index (χ0) is 52.9. The van der Waals surface area contributed by atoms with Crippen molar-refractivity contribution in [2.75, 3.05) is 24.7 Å². The minimum absolute atomic E-state index is 0.0800. The Hall–Kier alpha value is -7.50. The van der Waals surface area contributed by atoms with Crippen molar-refractivity contribution < 1.29 is 29.3 Å². The first kappa shape index (κ1) is 52.0. The van der Waals surface area contributed by atoms with Crippen LogP contribution in [0.2, 0.25) is 0 Å². The maximum absolute atomic E-state index is 14.4. The highest BCUT2D eigenvalue weighted by atomic mass is 32.1. The van der Waals surface area contributed by atoms with Gasteiger partial charge in [-0.3, -0.25) is 19.0 Å². The van der Waals surface area contributed by atoms with Crippen molar-refractivity contribution in [1.82, 2.24) is 4.57 Å². The number of aromatic nitrogens is 1. The zero-order valence-corrected chi connectivity index (χ0v) is 45.4. The van der Waals surface area contributed by atoms with Gasteiger partial charge in [0.1, 0.15) is 22.7 Å². The molecule has 0 saturated heterocycles. The third-order valence-corrected chi connectivity index (χ3v) is 17.7. The predicted octanol–water partition coefficient (Wildman–Crippen LogP) is 14.7. The predicted molar refractivity (Wildman–Crippen MR) is 314 cm³/mol. The molecular formula is C63H59N3O7S3. The zero-order valence-electron chi connectivity index (χ0n) is 42.9. The number of thiazole rings is 1. The number of carbonyl (C=O) groups is 2. The molecule has 13 heteroatoms. The Morgan fingerprint density at radius 2 is 1.24 bits per heavy atom. The number of aliphatic carboxylic acids is 2. The van der Waals surface area contributed by atoms with Gasteiger partial charge in [0.2, 0.25) is 0 Å². The molecule has 2 N–H and O–H groups in total. The summed E-state index contributed by atoms with van der Waals surface area (Å²) in [5.41, 5.74) is 10.2. The van der Waals surface area contributed by atoms with Crippen LogP contribution in [0, 0.1) is 6.57 Å². The summed E-state index contributed by atoms with van der Waals surface area (Å²) in [6, 6.07) is 40.6. The SMILES string of the molecule is [C-]#[N+]/C(C(=O)O)=c1\s/c(=C/c2c(-c3ccccc3)cc3sc4c(sc5cc(-c6ccccc6)c(-c6ccc7c(c6)CCc6ccccc6N7CC)c(OCCCCCC)c54)c3c2OCCCCCC)c(=O)n1CC(=O)O. The second kappa shape index (κ2) is 23.2.